The van der Waals surface area contributed by atoms with Crippen LogP contribution in [-0.2, 0) is 0 Å². The summed E-state index contributed by atoms with van der Waals surface area (Å²) in [6.07, 6.45) is 0. The van der Waals surface area contributed by atoms with Crippen LogP contribution in [0, 0.1) is 0 Å². The summed E-state index contributed by atoms with van der Waals surface area (Å²) in [5.41, 5.74) is 20.7. The largest absolute Gasteiger partial charge is 0.310 e. The Kier molecular flexibility index (Phi) is 10.6. The Bertz CT molecular complexity index is 3660. The minimum atomic E-state index is 1.06. The average molecular weight is 867 g/mol. The molecule has 68 heavy (non-hydrogen) atoms. The van der Waals surface area contributed by atoms with Gasteiger partial charge in [-0.25, -0.2) is 0 Å². The second-order valence-electron chi connectivity index (χ2n) is 17.3. The number of benzene rings is 11. The Hall–Kier alpha value is -8.98. The minimum absolute atomic E-state index is 1.06. The first-order valence-corrected chi connectivity index (χ1v) is 23.3. The van der Waals surface area contributed by atoms with E-state index in [-0.39, 0.29) is 0 Å². The van der Waals surface area contributed by atoms with E-state index in [4.69, 9.17) is 0 Å². The lowest BCUT2D eigenvalue weighted by molar-refractivity contribution is 1.18. The van der Waals surface area contributed by atoms with Gasteiger partial charge >= 0.3 is 0 Å². The second-order valence-corrected chi connectivity index (χ2v) is 17.3. The molecule has 0 radical (unpaired) electrons. The molecule has 0 atom stereocenters. The molecule has 0 amide bonds. The van der Waals surface area contributed by atoms with Gasteiger partial charge in [-0.2, -0.15) is 0 Å². The van der Waals surface area contributed by atoms with Crippen LogP contribution in [0.1, 0.15) is 0 Å². The fraction of sp³-hybridized carbons (Fsp3) is 0. The number of rotatable bonds is 10. The van der Waals surface area contributed by atoms with Gasteiger partial charge in [0, 0.05) is 39.0 Å². The van der Waals surface area contributed by atoms with Gasteiger partial charge in [0.15, 0.2) is 0 Å². The molecule has 1 aromatic heterocycles. The standard InChI is InChI=1S/C66H46N2/c1-5-23-47(24-6-1)51-43-52(48-25-7-2-8-26-48)46-55(45-51)67(64-41-19-17-37-61(64)60-36-16-15-35-59(60)58-34-14-13-33-56(58)49-27-9-3-10-28-49)54-32-21-29-50(44-54)57-39-22-40-63-62-38-18-20-42-65(62)68(66(57)63)53-30-11-4-12-31-53/h1-46H. The van der Waals surface area contributed by atoms with Gasteiger partial charge in [0.1, 0.15) is 0 Å². The van der Waals surface area contributed by atoms with Crippen LogP contribution in [0.5, 0.6) is 0 Å². The zero-order valence-corrected chi connectivity index (χ0v) is 37.5. The van der Waals surface area contributed by atoms with Crippen molar-refractivity contribution in [2.45, 2.75) is 0 Å². The summed E-state index contributed by atoms with van der Waals surface area (Å²) in [5.74, 6) is 0. The fourth-order valence-corrected chi connectivity index (χ4v) is 10.1. The van der Waals surface area contributed by atoms with Gasteiger partial charge in [-0.15, -0.1) is 0 Å². The summed E-state index contributed by atoms with van der Waals surface area (Å²) in [5, 5.41) is 2.46. The van der Waals surface area contributed by atoms with Crippen molar-refractivity contribution in [1.82, 2.24) is 4.57 Å². The number of fused-ring (bicyclic) bond motifs is 3. The minimum Gasteiger partial charge on any atom is -0.310 e. The van der Waals surface area contributed by atoms with E-state index in [1.165, 1.54) is 49.6 Å². The maximum absolute atomic E-state index is 2.48. The normalized spacial score (nSPS) is 11.2. The predicted octanol–water partition coefficient (Wildman–Crippen LogP) is 18.3. The van der Waals surface area contributed by atoms with Gasteiger partial charge in [-0.05, 0) is 110 Å². The number of anilines is 3. The third kappa shape index (κ3) is 7.45. The van der Waals surface area contributed by atoms with Crippen molar-refractivity contribution in [2.75, 3.05) is 4.90 Å². The number of hydrogen-bond acceptors (Lipinski definition) is 1. The third-order valence-electron chi connectivity index (χ3n) is 13.2. The van der Waals surface area contributed by atoms with Crippen molar-refractivity contribution in [3.63, 3.8) is 0 Å². The molecule has 0 saturated carbocycles. The third-order valence-corrected chi connectivity index (χ3v) is 13.2. The van der Waals surface area contributed by atoms with E-state index in [9.17, 15) is 0 Å². The molecule has 2 nitrogen and oxygen atoms in total. The fourth-order valence-electron chi connectivity index (χ4n) is 10.1. The van der Waals surface area contributed by atoms with Crippen LogP contribution >= 0.6 is 0 Å². The molecule has 11 aromatic carbocycles. The molecule has 320 valence electrons. The quantitative estimate of drug-likeness (QED) is 0.133. The van der Waals surface area contributed by atoms with Crippen LogP contribution in [0.25, 0.3) is 94.3 Å². The highest BCUT2D eigenvalue weighted by Gasteiger charge is 2.23. The molecule has 12 rings (SSSR count). The van der Waals surface area contributed by atoms with Crippen LogP contribution < -0.4 is 4.90 Å². The van der Waals surface area contributed by atoms with Gasteiger partial charge in [-0.1, -0.05) is 224 Å². The molecule has 2 heteroatoms. The highest BCUT2D eigenvalue weighted by atomic mass is 15.1. The van der Waals surface area contributed by atoms with Crippen molar-refractivity contribution in [1.29, 1.82) is 0 Å². The van der Waals surface area contributed by atoms with Gasteiger partial charge in [0.05, 0.1) is 16.7 Å². The highest BCUT2D eigenvalue weighted by molar-refractivity contribution is 6.14. The zero-order valence-electron chi connectivity index (χ0n) is 37.5. The number of hydrogen-bond donors (Lipinski definition) is 0. The Morgan fingerprint density at radius 3 is 1.35 bits per heavy atom. The molecule has 0 aliphatic carbocycles. The SMILES string of the molecule is c1ccc(-c2cc(-c3ccccc3)cc(N(c3cccc(-c4cccc5c6ccccc6n(-c6ccccc6)c45)c3)c3ccccc3-c3ccccc3-c3ccccc3-c3ccccc3)c2)cc1. The molecule has 0 fully saturated rings. The molecule has 0 spiro atoms. The van der Waals surface area contributed by atoms with E-state index < -0.39 is 0 Å². The molecule has 0 aliphatic heterocycles. The van der Waals surface area contributed by atoms with Crippen LogP contribution in [0.4, 0.5) is 17.1 Å². The summed E-state index contributed by atoms with van der Waals surface area (Å²) < 4.78 is 2.43. The number of aromatic nitrogens is 1. The molecule has 0 aliphatic rings. The average Bonchev–Trinajstić information content (AvgIpc) is 3.77. The number of para-hydroxylation sites is 4. The summed E-state index contributed by atoms with van der Waals surface area (Å²) in [4.78, 5) is 2.48. The van der Waals surface area contributed by atoms with Gasteiger partial charge in [0.2, 0.25) is 0 Å². The second kappa shape index (κ2) is 17.8. The van der Waals surface area contributed by atoms with E-state index >= 15 is 0 Å². The molecule has 1 heterocycles. The maximum atomic E-state index is 2.48. The monoisotopic (exact) mass is 866 g/mol. The van der Waals surface area contributed by atoms with Gasteiger partial charge in [0.25, 0.3) is 0 Å². The number of nitrogens with zero attached hydrogens (tertiary/aromatic N) is 2. The molecule has 0 unspecified atom stereocenters. The molecule has 0 saturated heterocycles. The van der Waals surface area contributed by atoms with Crippen molar-refractivity contribution in [3.05, 3.63) is 279 Å². The van der Waals surface area contributed by atoms with Crippen LogP contribution in [0.3, 0.4) is 0 Å². The van der Waals surface area contributed by atoms with E-state index in [1.807, 2.05) is 0 Å². The lowest BCUT2D eigenvalue weighted by Gasteiger charge is -2.30. The zero-order chi connectivity index (χ0) is 45.2. The summed E-state index contributed by atoms with van der Waals surface area (Å²) >= 11 is 0. The van der Waals surface area contributed by atoms with E-state index in [0.29, 0.717) is 0 Å². The van der Waals surface area contributed by atoms with Crippen LogP contribution in [0.2, 0.25) is 0 Å². The Morgan fingerprint density at radius 2 is 0.691 bits per heavy atom. The summed E-state index contributed by atoms with van der Waals surface area (Å²) in [7, 11) is 0. The predicted molar refractivity (Wildman–Crippen MR) is 288 cm³/mol. The summed E-state index contributed by atoms with van der Waals surface area (Å²) in [6, 6.07) is 101. The molecule has 0 bridgehead atoms. The molecular formula is C66H46N2. The van der Waals surface area contributed by atoms with Crippen LogP contribution in [-0.4, -0.2) is 4.57 Å². The Morgan fingerprint density at radius 1 is 0.250 bits per heavy atom. The topological polar surface area (TPSA) is 8.17 Å². The first-order valence-electron chi connectivity index (χ1n) is 23.3. The Balaban J connectivity index is 1.12. The van der Waals surface area contributed by atoms with Crippen molar-refractivity contribution in [3.8, 4) is 72.4 Å². The maximum Gasteiger partial charge on any atom is 0.0619 e. The lowest BCUT2D eigenvalue weighted by Crippen LogP contribution is -2.12. The van der Waals surface area contributed by atoms with E-state index in [0.717, 1.165) is 61.7 Å². The van der Waals surface area contributed by atoms with Gasteiger partial charge in [-0.3, -0.25) is 0 Å². The van der Waals surface area contributed by atoms with E-state index in [2.05, 4.69) is 289 Å². The molecular weight excluding hydrogens is 821 g/mol. The van der Waals surface area contributed by atoms with Crippen LogP contribution in [0.15, 0.2) is 279 Å². The highest BCUT2D eigenvalue weighted by Crippen LogP contribution is 2.48. The smallest absolute Gasteiger partial charge is 0.0619 e. The molecule has 0 N–H and O–H groups in total. The first-order chi connectivity index (χ1) is 33.8. The Labute approximate surface area is 397 Å². The lowest BCUT2D eigenvalue weighted by atomic mass is 9.88. The van der Waals surface area contributed by atoms with Gasteiger partial charge < -0.3 is 9.47 Å². The van der Waals surface area contributed by atoms with E-state index in [1.54, 1.807) is 0 Å². The summed E-state index contributed by atoms with van der Waals surface area (Å²) in [6.45, 7) is 0. The van der Waals surface area contributed by atoms with Crippen molar-refractivity contribution < 1.29 is 0 Å². The van der Waals surface area contributed by atoms with Crippen molar-refractivity contribution in [2.24, 2.45) is 0 Å². The molecule has 12 aromatic rings. The first kappa shape index (κ1) is 40.5. The van der Waals surface area contributed by atoms with Crippen molar-refractivity contribution >= 4 is 38.9 Å².